The van der Waals surface area contributed by atoms with Crippen molar-refractivity contribution in [3.05, 3.63) is 63.9 Å². The fraction of sp³-hybridized carbons (Fsp3) is 0.188. The normalized spacial score (nSPS) is 11.7. The smallest absolute Gasteiger partial charge is 0.159 e. The lowest BCUT2D eigenvalue weighted by atomic mass is 10.1. The van der Waals surface area contributed by atoms with Gasteiger partial charge in [0.2, 0.25) is 0 Å². The number of hydrogen-bond acceptors (Lipinski definition) is 2. The molecule has 0 fully saturated rings. The highest BCUT2D eigenvalue weighted by Gasteiger charge is 2.08. The summed E-state index contributed by atoms with van der Waals surface area (Å²) < 4.78 is 13.7. The fourth-order valence-electron chi connectivity index (χ4n) is 1.99. The van der Waals surface area contributed by atoms with Gasteiger partial charge in [0.05, 0.1) is 5.69 Å². The number of nitrogens with two attached hydrogens (primary N) is 1. The van der Waals surface area contributed by atoms with Crippen LogP contribution in [0.1, 0.15) is 16.7 Å². The molecule has 2 rings (SSSR count). The number of rotatable bonds is 3. The molecule has 0 saturated carbocycles. The molecule has 110 valence electrons. The molecule has 0 aliphatic rings. The Morgan fingerprint density at radius 2 is 1.90 bits per heavy atom. The van der Waals surface area contributed by atoms with Gasteiger partial charge in [-0.05, 0) is 49.2 Å². The van der Waals surface area contributed by atoms with Gasteiger partial charge in [0.25, 0.3) is 0 Å². The molecule has 2 aromatic carbocycles. The Bertz CT molecular complexity index is 645. The summed E-state index contributed by atoms with van der Waals surface area (Å²) >= 11 is 7.25. The molecule has 2 N–H and O–H groups in total. The van der Waals surface area contributed by atoms with Gasteiger partial charge in [0, 0.05) is 16.3 Å². The lowest BCUT2D eigenvalue weighted by molar-refractivity contribution is 0.617. The average molecular weight is 323 g/mol. The van der Waals surface area contributed by atoms with E-state index in [1.54, 1.807) is 12.1 Å². The second kappa shape index (κ2) is 6.96. The third-order valence-electron chi connectivity index (χ3n) is 2.87. The summed E-state index contributed by atoms with van der Waals surface area (Å²) in [5.41, 5.74) is 9.41. The van der Waals surface area contributed by atoms with E-state index < -0.39 is 0 Å². The minimum absolute atomic E-state index is 0.325. The van der Waals surface area contributed by atoms with Crippen LogP contribution in [0.4, 0.5) is 10.1 Å². The van der Waals surface area contributed by atoms with E-state index in [0.717, 1.165) is 16.8 Å². The largest absolute Gasteiger partial charge is 0.378 e. The van der Waals surface area contributed by atoms with Crippen molar-refractivity contribution in [1.82, 2.24) is 0 Å². The molecule has 0 aromatic heterocycles. The molecule has 2 aromatic rings. The van der Waals surface area contributed by atoms with Crippen LogP contribution in [0, 0.1) is 19.7 Å². The second-order valence-electron chi connectivity index (χ2n) is 4.78. The van der Waals surface area contributed by atoms with E-state index in [1.807, 2.05) is 26.0 Å². The molecular formula is C16H16ClFN2S. The van der Waals surface area contributed by atoms with E-state index in [4.69, 9.17) is 17.3 Å². The fourth-order valence-corrected chi connectivity index (χ4v) is 3.06. The van der Waals surface area contributed by atoms with Crippen LogP contribution in [0.25, 0.3) is 0 Å². The summed E-state index contributed by atoms with van der Waals surface area (Å²) in [4.78, 5) is 4.35. The van der Waals surface area contributed by atoms with Gasteiger partial charge in [-0.2, -0.15) is 0 Å². The van der Waals surface area contributed by atoms with Gasteiger partial charge >= 0.3 is 0 Å². The van der Waals surface area contributed by atoms with Crippen LogP contribution >= 0.6 is 23.4 Å². The molecule has 21 heavy (non-hydrogen) atoms. The van der Waals surface area contributed by atoms with Crippen molar-refractivity contribution < 1.29 is 4.39 Å². The van der Waals surface area contributed by atoms with Gasteiger partial charge in [-0.15, -0.1) is 0 Å². The van der Waals surface area contributed by atoms with Gasteiger partial charge in [-0.25, -0.2) is 9.38 Å². The zero-order valence-corrected chi connectivity index (χ0v) is 13.4. The van der Waals surface area contributed by atoms with Crippen LogP contribution in [0.2, 0.25) is 5.02 Å². The number of nitrogens with zero attached hydrogens (tertiary/aromatic N) is 1. The van der Waals surface area contributed by atoms with Gasteiger partial charge in [-0.3, -0.25) is 0 Å². The Morgan fingerprint density at radius 1 is 1.24 bits per heavy atom. The van der Waals surface area contributed by atoms with Gasteiger partial charge < -0.3 is 5.73 Å². The number of hydrogen-bond donors (Lipinski definition) is 1. The van der Waals surface area contributed by atoms with Crippen molar-refractivity contribution in [1.29, 1.82) is 0 Å². The van der Waals surface area contributed by atoms with Crippen molar-refractivity contribution in [2.75, 3.05) is 0 Å². The third kappa shape index (κ3) is 4.48. The zero-order chi connectivity index (χ0) is 15.4. The van der Waals surface area contributed by atoms with E-state index in [-0.39, 0.29) is 5.82 Å². The minimum atomic E-state index is -0.325. The number of aliphatic imine (C=N–C) groups is 1. The minimum Gasteiger partial charge on any atom is -0.378 e. The molecular weight excluding hydrogens is 307 g/mol. The van der Waals surface area contributed by atoms with Crippen LogP contribution < -0.4 is 5.73 Å². The molecule has 0 unspecified atom stereocenters. The number of aryl methyl sites for hydroxylation is 2. The summed E-state index contributed by atoms with van der Waals surface area (Å²) in [5, 5.41) is 0.793. The van der Waals surface area contributed by atoms with E-state index >= 15 is 0 Å². The Labute approximate surface area is 133 Å². The highest BCUT2D eigenvalue weighted by molar-refractivity contribution is 8.13. The molecule has 0 bridgehead atoms. The molecule has 0 amide bonds. The first-order chi connectivity index (χ1) is 9.95. The summed E-state index contributed by atoms with van der Waals surface area (Å²) in [7, 11) is 0. The number of halogens is 2. The van der Waals surface area contributed by atoms with E-state index in [0.29, 0.717) is 21.5 Å². The Morgan fingerprint density at radius 3 is 2.52 bits per heavy atom. The maximum absolute atomic E-state index is 13.7. The SMILES string of the molecule is Cc1cc(C)cc(N=C(N)SCc2c(F)cccc2Cl)c1. The summed E-state index contributed by atoms with van der Waals surface area (Å²) in [6.07, 6.45) is 0. The van der Waals surface area contributed by atoms with E-state index in [2.05, 4.69) is 11.1 Å². The standard InChI is InChI=1S/C16H16ClFN2S/c1-10-6-11(2)8-12(7-10)20-16(19)21-9-13-14(17)4-3-5-15(13)18/h3-8H,9H2,1-2H3,(H2,19,20). The van der Waals surface area contributed by atoms with Crippen molar-refractivity contribution in [2.24, 2.45) is 10.7 Å². The molecule has 0 saturated heterocycles. The summed E-state index contributed by atoms with van der Waals surface area (Å²) in [6.45, 7) is 4.02. The quantitative estimate of drug-likeness (QED) is 0.639. The van der Waals surface area contributed by atoms with E-state index in [1.165, 1.54) is 17.8 Å². The molecule has 0 radical (unpaired) electrons. The van der Waals surface area contributed by atoms with Crippen molar-refractivity contribution in [2.45, 2.75) is 19.6 Å². The van der Waals surface area contributed by atoms with Crippen LogP contribution in [0.3, 0.4) is 0 Å². The predicted octanol–water partition coefficient (Wildman–Crippen LogP) is 4.98. The number of benzene rings is 2. The molecule has 0 spiro atoms. The topological polar surface area (TPSA) is 38.4 Å². The van der Waals surface area contributed by atoms with E-state index in [9.17, 15) is 4.39 Å². The number of thioether (sulfide) groups is 1. The summed E-state index contributed by atoms with van der Waals surface area (Å²) in [6, 6.07) is 10.6. The first kappa shape index (κ1) is 15.9. The molecule has 0 aliphatic heterocycles. The Kier molecular flexibility index (Phi) is 5.26. The Balaban J connectivity index is 2.11. The highest BCUT2D eigenvalue weighted by Crippen LogP contribution is 2.25. The first-order valence-corrected chi connectivity index (χ1v) is 7.80. The third-order valence-corrected chi connectivity index (χ3v) is 4.05. The second-order valence-corrected chi connectivity index (χ2v) is 6.19. The monoisotopic (exact) mass is 322 g/mol. The predicted molar refractivity (Wildman–Crippen MR) is 89.9 cm³/mol. The van der Waals surface area contributed by atoms with Crippen molar-refractivity contribution in [3.63, 3.8) is 0 Å². The van der Waals surface area contributed by atoms with Crippen LogP contribution in [0.5, 0.6) is 0 Å². The number of amidine groups is 1. The molecule has 0 heterocycles. The van der Waals surface area contributed by atoms with Crippen LogP contribution in [-0.2, 0) is 5.75 Å². The highest BCUT2D eigenvalue weighted by atomic mass is 35.5. The molecule has 0 aliphatic carbocycles. The molecule has 5 heteroatoms. The van der Waals surface area contributed by atoms with Crippen LogP contribution in [0.15, 0.2) is 41.4 Å². The molecule has 0 atom stereocenters. The maximum atomic E-state index is 13.7. The summed E-state index contributed by atoms with van der Waals surface area (Å²) in [5.74, 6) is 0.0280. The van der Waals surface area contributed by atoms with Gasteiger partial charge in [0.15, 0.2) is 5.17 Å². The average Bonchev–Trinajstić information content (AvgIpc) is 2.36. The van der Waals surface area contributed by atoms with Gasteiger partial charge in [0.1, 0.15) is 5.82 Å². The zero-order valence-electron chi connectivity index (χ0n) is 11.9. The lowest BCUT2D eigenvalue weighted by Crippen LogP contribution is -2.06. The molecule has 2 nitrogen and oxygen atoms in total. The van der Waals surface area contributed by atoms with Crippen molar-refractivity contribution >= 4 is 34.2 Å². The van der Waals surface area contributed by atoms with Crippen molar-refractivity contribution in [3.8, 4) is 0 Å². The Hall–Kier alpha value is -1.52. The maximum Gasteiger partial charge on any atom is 0.159 e. The first-order valence-electron chi connectivity index (χ1n) is 6.44. The lowest BCUT2D eigenvalue weighted by Gasteiger charge is -2.06. The van der Waals surface area contributed by atoms with Crippen LogP contribution in [-0.4, -0.2) is 5.17 Å². The van der Waals surface area contributed by atoms with Gasteiger partial charge in [-0.1, -0.05) is 35.5 Å².